The minimum Gasteiger partial charge on any atom is -0.469 e. The van der Waals surface area contributed by atoms with E-state index >= 15 is 0 Å². The van der Waals surface area contributed by atoms with Crippen molar-refractivity contribution in [1.82, 2.24) is 0 Å². The molecular weight excluding hydrogens is 356 g/mol. The molecule has 0 heterocycles. The van der Waals surface area contributed by atoms with Crippen LogP contribution in [-0.2, 0) is 18.8 Å². The van der Waals surface area contributed by atoms with Crippen LogP contribution in [-0.4, -0.2) is 33.3 Å². The van der Waals surface area contributed by atoms with Gasteiger partial charge in [0, 0.05) is 12.8 Å². The molecule has 4 nitrogen and oxygen atoms in total. The lowest BCUT2D eigenvalue weighted by atomic mass is 10.0. The van der Waals surface area contributed by atoms with E-state index in [1.165, 1.54) is 39.2 Å². The molecule has 0 aliphatic heterocycles. The minimum absolute atomic E-state index is 0.102. The Morgan fingerprint density at radius 2 is 1.30 bits per heavy atom. The number of methoxy groups -OCH3 is 1. The minimum atomic E-state index is -1.69. The first-order chi connectivity index (χ1) is 12.8. The number of hydrogen-bond acceptors (Lipinski definition) is 4. The Morgan fingerprint density at radius 1 is 0.778 bits per heavy atom. The molecule has 0 aliphatic carbocycles. The lowest BCUT2D eigenvalue weighted by Crippen LogP contribution is -2.36. The van der Waals surface area contributed by atoms with Gasteiger partial charge in [-0.25, -0.2) is 0 Å². The zero-order valence-electron chi connectivity index (χ0n) is 18.6. The van der Waals surface area contributed by atoms with Crippen molar-refractivity contribution in [3.63, 3.8) is 0 Å². The fourth-order valence-electron chi connectivity index (χ4n) is 3.18. The van der Waals surface area contributed by atoms with E-state index in [0.29, 0.717) is 18.6 Å². The molecule has 0 saturated heterocycles. The van der Waals surface area contributed by atoms with Crippen molar-refractivity contribution >= 4 is 20.1 Å². The molecule has 0 aromatic heterocycles. The summed E-state index contributed by atoms with van der Waals surface area (Å²) in [5.74, 6) is 0.214. The van der Waals surface area contributed by atoms with Gasteiger partial charge < -0.3 is 9.16 Å². The molecule has 0 rings (SSSR count). The lowest BCUT2D eigenvalue weighted by Gasteiger charge is -2.25. The largest absolute Gasteiger partial charge is 0.469 e. The van der Waals surface area contributed by atoms with Crippen molar-refractivity contribution in [1.29, 1.82) is 0 Å². The quantitative estimate of drug-likeness (QED) is 0.151. The first-order valence-corrected chi connectivity index (χ1v) is 14.5. The van der Waals surface area contributed by atoms with E-state index in [-0.39, 0.29) is 12.1 Å². The number of carbonyl (C=O) groups is 2. The van der Waals surface area contributed by atoms with Gasteiger partial charge in [-0.15, -0.1) is 0 Å². The smallest absolute Gasteiger partial charge is 0.305 e. The van der Waals surface area contributed by atoms with E-state index in [9.17, 15) is 9.59 Å². The monoisotopic (exact) mass is 400 g/mol. The average Bonchev–Trinajstić information content (AvgIpc) is 2.61. The number of unbranched alkanes of at least 4 members (excludes halogenated alkanes) is 9. The van der Waals surface area contributed by atoms with Crippen LogP contribution in [0.15, 0.2) is 0 Å². The third kappa shape index (κ3) is 17.2. The van der Waals surface area contributed by atoms with Gasteiger partial charge in [0.25, 0.3) is 0 Å². The van der Waals surface area contributed by atoms with Gasteiger partial charge in [0.2, 0.25) is 0 Å². The Morgan fingerprint density at radius 3 is 1.81 bits per heavy atom. The Bertz CT molecular complexity index is 390. The number of Topliss-reactive ketones (excluding diaryl/α,β-unsaturated/α-hetero) is 1. The Hall–Kier alpha value is -0.683. The van der Waals surface area contributed by atoms with E-state index in [1.54, 1.807) is 0 Å². The summed E-state index contributed by atoms with van der Waals surface area (Å²) < 4.78 is 10.8. The lowest BCUT2D eigenvalue weighted by molar-refractivity contribution is -0.140. The summed E-state index contributed by atoms with van der Waals surface area (Å²) in [5.41, 5.74) is 0. The summed E-state index contributed by atoms with van der Waals surface area (Å²) >= 11 is 0. The highest BCUT2D eigenvalue weighted by Crippen LogP contribution is 2.18. The molecule has 160 valence electrons. The molecule has 0 N–H and O–H groups in total. The van der Waals surface area contributed by atoms with Gasteiger partial charge in [-0.1, -0.05) is 64.7 Å². The molecule has 0 spiro atoms. The number of esters is 1. The van der Waals surface area contributed by atoms with E-state index in [2.05, 4.69) is 31.3 Å². The van der Waals surface area contributed by atoms with Crippen LogP contribution in [0.3, 0.4) is 0 Å². The average molecular weight is 401 g/mol. The molecule has 0 aromatic carbocycles. The van der Waals surface area contributed by atoms with E-state index in [1.807, 2.05) is 0 Å². The number of hydrogen-bond donors (Lipinski definition) is 0. The zero-order valence-corrected chi connectivity index (χ0v) is 19.6. The highest BCUT2D eigenvalue weighted by atomic mass is 28.4. The topological polar surface area (TPSA) is 52.6 Å². The molecule has 0 fully saturated rings. The van der Waals surface area contributed by atoms with Gasteiger partial charge in [-0.3, -0.25) is 9.59 Å². The highest BCUT2D eigenvalue weighted by Gasteiger charge is 2.25. The zero-order chi connectivity index (χ0) is 20.5. The molecule has 0 aromatic rings. The predicted molar refractivity (Wildman–Crippen MR) is 116 cm³/mol. The summed E-state index contributed by atoms with van der Waals surface area (Å²) in [6.07, 6.45) is 14.4. The van der Waals surface area contributed by atoms with Gasteiger partial charge in [0.1, 0.15) is 6.10 Å². The number of ether oxygens (including phenoxy) is 1. The third-order valence-corrected chi connectivity index (χ3v) is 5.70. The van der Waals surface area contributed by atoms with Crippen LogP contribution in [0.2, 0.25) is 19.6 Å². The van der Waals surface area contributed by atoms with Gasteiger partial charge in [0.15, 0.2) is 14.1 Å². The molecule has 1 atom stereocenters. The van der Waals surface area contributed by atoms with Crippen LogP contribution in [0, 0.1) is 0 Å². The van der Waals surface area contributed by atoms with Crippen molar-refractivity contribution in [3.05, 3.63) is 0 Å². The molecular formula is C22H44O4Si. The van der Waals surface area contributed by atoms with Crippen molar-refractivity contribution < 1.29 is 18.8 Å². The molecule has 0 bridgehead atoms. The van der Waals surface area contributed by atoms with Crippen LogP contribution in [0.1, 0.15) is 96.8 Å². The first kappa shape index (κ1) is 26.3. The van der Waals surface area contributed by atoms with Crippen LogP contribution < -0.4 is 0 Å². The number of carbonyl (C=O) groups excluding carboxylic acids is 2. The standard InChI is InChI=1S/C22H44O4Si/c1-6-7-14-17-20(23)21(26-27(3,4)5)18-15-12-10-8-9-11-13-16-19-22(24)25-2/h21H,6-19H2,1-5H3. The molecule has 0 radical (unpaired) electrons. The van der Waals surface area contributed by atoms with E-state index in [0.717, 1.165) is 44.9 Å². The predicted octanol–water partition coefficient (Wildman–Crippen LogP) is 6.43. The molecule has 0 aliphatic rings. The maximum Gasteiger partial charge on any atom is 0.305 e. The summed E-state index contributed by atoms with van der Waals surface area (Å²) in [7, 11) is -0.245. The third-order valence-electron chi connectivity index (χ3n) is 4.71. The fourth-order valence-corrected chi connectivity index (χ4v) is 4.29. The van der Waals surface area contributed by atoms with Gasteiger partial charge in [-0.05, 0) is 38.9 Å². The molecule has 0 saturated carbocycles. The second kappa shape index (κ2) is 16.3. The van der Waals surface area contributed by atoms with Crippen LogP contribution in [0.25, 0.3) is 0 Å². The Kier molecular flexibility index (Phi) is 15.9. The van der Waals surface area contributed by atoms with E-state index < -0.39 is 8.32 Å². The van der Waals surface area contributed by atoms with Crippen molar-refractivity contribution in [2.75, 3.05) is 7.11 Å². The molecule has 0 amide bonds. The van der Waals surface area contributed by atoms with Crippen molar-refractivity contribution in [2.45, 2.75) is 123 Å². The summed E-state index contributed by atoms with van der Waals surface area (Å²) in [6.45, 7) is 8.66. The molecule has 27 heavy (non-hydrogen) atoms. The van der Waals surface area contributed by atoms with Gasteiger partial charge >= 0.3 is 5.97 Å². The SMILES string of the molecule is CCCCCC(=O)C(CCCCCCCCCCC(=O)OC)O[Si](C)(C)C. The van der Waals surface area contributed by atoms with Crippen molar-refractivity contribution in [3.8, 4) is 0 Å². The van der Waals surface area contributed by atoms with Crippen LogP contribution in [0.5, 0.6) is 0 Å². The molecule has 1 unspecified atom stereocenters. The summed E-state index contributed by atoms with van der Waals surface area (Å²) in [4.78, 5) is 23.5. The van der Waals surface area contributed by atoms with E-state index in [4.69, 9.17) is 4.43 Å². The first-order valence-electron chi connectivity index (χ1n) is 11.1. The van der Waals surface area contributed by atoms with Crippen LogP contribution >= 0.6 is 0 Å². The normalized spacial score (nSPS) is 12.8. The maximum atomic E-state index is 12.5. The number of ketones is 1. The molecule has 5 heteroatoms. The summed E-state index contributed by atoms with van der Waals surface area (Å²) in [5, 5.41) is 0. The highest BCUT2D eigenvalue weighted by molar-refractivity contribution is 6.69. The maximum absolute atomic E-state index is 12.5. The fraction of sp³-hybridized carbons (Fsp3) is 0.909. The van der Waals surface area contributed by atoms with Gasteiger partial charge in [0.05, 0.1) is 7.11 Å². The Labute approximate surface area is 168 Å². The summed E-state index contributed by atoms with van der Waals surface area (Å²) in [6, 6.07) is 0. The Balaban J connectivity index is 3.86. The number of rotatable bonds is 18. The van der Waals surface area contributed by atoms with Crippen LogP contribution in [0.4, 0.5) is 0 Å². The second-order valence-electron chi connectivity index (χ2n) is 8.59. The van der Waals surface area contributed by atoms with Gasteiger partial charge in [-0.2, -0.15) is 0 Å². The second-order valence-corrected chi connectivity index (χ2v) is 13.0. The van der Waals surface area contributed by atoms with Crippen molar-refractivity contribution in [2.24, 2.45) is 0 Å².